The molecule has 2 aromatic carbocycles. The third kappa shape index (κ3) is 4.23. The molecule has 152 valence electrons. The number of aryl methyl sites for hydroxylation is 3. The van der Waals surface area contributed by atoms with E-state index >= 15 is 0 Å². The third-order valence-corrected chi connectivity index (χ3v) is 6.66. The van der Waals surface area contributed by atoms with Crippen molar-refractivity contribution in [1.82, 2.24) is 9.97 Å². The number of thiazole rings is 1. The van der Waals surface area contributed by atoms with Gasteiger partial charge in [-0.15, -0.1) is 0 Å². The molecule has 1 amide bonds. The molecule has 0 radical (unpaired) electrons. The minimum absolute atomic E-state index is 0.00126. The first-order valence-electron chi connectivity index (χ1n) is 9.73. The number of aromatic nitrogens is 2. The number of benzene rings is 2. The minimum atomic E-state index is -0.00126. The molecule has 0 N–H and O–H groups in total. The molecule has 4 nitrogen and oxygen atoms in total. The van der Waals surface area contributed by atoms with Gasteiger partial charge in [0.1, 0.15) is 0 Å². The van der Waals surface area contributed by atoms with Gasteiger partial charge in [0, 0.05) is 12.4 Å². The van der Waals surface area contributed by atoms with Crippen LogP contribution < -0.4 is 4.90 Å². The lowest BCUT2D eigenvalue weighted by Gasteiger charge is -2.20. The van der Waals surface area contributed by atoms with Gasteiger partial charge in [0.05, 0.1) is 28.2 Å². The minimum Gasteiger partial charge on any atom is -0.283 e. The average Bonchev–Trinajstić information content (AvgIpc) is 3.18. The van der Waals surface area contributed by atoms with Crippen LogP contribution in [0.3, 0.4) is 0 Å². The number of halogens is 1. The fraction of sp³-hybridized carbons (Fsp3) is 0.208. The average molecular weight is 436 g/mol. The Labute approximate surface area is 185 Å². The zero-order valence-corrected chi connectivity index (χ0v) is 18.7. The number of anilines is 1. The lowest BCUT2D eigenvalue weighted by Crippen LogP contribution is -2.32. The standard InChI is InChI=1S/C24H22ClN3OS/c1-15-6-8-19(17(3)11-15)12-21(29)28(14-18-5-4-10-26-13-18)24-27-22-16(2)7-9-20(25)23(22)30-24/h4-11,13H,12,14H2,1-3H3. The highest BCUT2D eigenvalue weighted by Crippen LogP contribution is 2.36. The SMILES string of the molecule is Cc1ccc(CC(=O)N(Cc2cccnc2)c2nc3c(C)ccc(Cl)c3s2)c(C)c1. The highest BCUT2D eigenvalue weighted by Gasteiger charge is 2.22. The molecule has 6 heteroatoms. The van der Waals surface area contributed by atoms with E-state index in [9.17, 15) is 4.79 Å². The fourth-order valence-electron chi connectivity index (χ4n) is 3.45. The summed E-state index contributed by atoms with van der Waals surface area (Å²) in [7, 11) is 0. The van der Waals surface area contributed by atoms with Crippen molar-refractivity contribution in [3.8, 4) is 0 Å². The number of nitrogens with zero attached hydrogens (tertiary/aromatic N) is 3. The molecule has 0 atom stereocenters. The summed E-state index contributed by atoms with van der Waals surface area (Å²) in [6.07, 6.45) is 3.82. The first-order valence-corrected chi connectivity index (χ1v) is 10.9. The van der Waals surface area contributed by atoms with Crippen LogP contribution in [0.4, 0.5) is 5.13 Å². The lowest BCUT2D eigenvalue weighted by molar-refractivity contribution is -0.118. The van der Waals surface area contributed by atoms with E-state index in [1.807, 2.05) is 50.2 Å². The van der Waals surface area contributed by atoms with Crippen molar-refractivity contribution < 1.29 is 4.79 Å². The molecule has 4 rings (SSSR count). The summed E-state index contributed by atoms with van der Waals surface area (Å²) in [5.74, 6) is -0.00126. The van der Waals surface area contributed by atoms with Gasteiger partial charge >= 0.3 is 0 Å². The van der Waals surface area contributed by atoms with E-state index in [0.29, 0.717) is 23.1 Å². The van der Waals surface area contributed by atoms with E-state index in [1.54, 1.807) is 17.3 Å². The molecule has 0 spiro atoms. The van der Waals surface area contributed by atoms with Crippen molar-refractivity contribution >= 4 is 44.2 Å². The number of carbonyl (C=O) groups excluding carboxylic acids is 1. The summed E-state index contributed by atoms with van der Waals surface area (Å²) >= 11 is 7.86. The molecule has 30 heavy (non-hydrogen) atoms. The molecule has 0 aliphatic heterocycles. The van der Waals surface area contributed by atoms with E-state index < -0.39 is 0 Å². The number of fused-ring (bicyclic) bond motifs is 1. The van der Waals surface area contributed by atoms with Gasteiger partial charge < -0.3 is 0 Å². The highest BCUT2D eigenvalue weighted by molar-refractivity contribution is 7.23. The van der Waals surface area contributed by atoms with Crippen molar-refractivity contribution in [2.24, 2.45) is 0 Å². The van der Waals surface area contributed by atoms with Crippen LogP contribution in [0, 0.1) is 20.8 Å². The van der Waals surface area contributed by atoms with Gasteiger partial charge in [-0.1, -0.05) is 58.8 Å². The second-order valence-electron chi connectivity index (χ2n) is 7.49. The monoisotopic (exact) mass is 435 g/mol. The summed E-state index contributed by atoms with van der Waals surface area (Å²) in [6.45, 7) is 6.52. The van der Waals surface area contributed by atoms with Gasteiger partial charge in [0.2, 0.25) is 5.91 Å². The van der Waals surface area contributed by atoms with E-state index in [2.05, 4.69) is 18.0 Å². The van der Waals surface area contributed by atoms with Gasteiger partial charge in [-0.05, 0) is 55.2 Å². The molecule has 2 aromatic heterocycles. The van der Waals surface area contributed by atoms with E-state index in [1.165, 1.54) is 16.9 Å². The Morgan fingerprint density at radius 2 is 1.93 bits per heavy atom. The van der Waals surface area contributed by atoms with Crippen LogP contribution in [0.1, 0.15) is 27.8 Å². The first-order chi connectivity index (χ1) is 14.4. The van der Waals surface area contributed by atoms with Gasteiger partial charge in [-0.3, -0.25) is 14.7 Å². The Kier molecular flexibility index (Phi) is 5.84. The number of carbonyl (C=O) groups is 1. The van der Waals surface area contributed by atoms with Crippen molar-refractivity contribution in [2.75, 3.05) is 4.90 Å². The molecule has 0 aliphatic carbocycles. The quantitative estimate of drug-likeness (QED) is 0.383. The normalized spacial score (nSPS) is 11.1. The van der Waals surface area contributed by atoms with Gasteiger partial charge in [-0.2, -0.15) is 0 Å². The van der Waals surface area contributed by atoms with Crippen molar-refractivity contribution in [1.29, 1.82) is 0 Å². The Hall–Kier alpha value is -2.76. The summed E-state index contributed by atoms with van der Waals surface area (Å²) in [4.78, 5) is 24.2. The van der Waals surface area contributed by atoms with Crippen LogP contribution in [0.15, 0.2) is 54.9 Å². The van der Waals surface area contributed by atoms with Gasteiger partial charge in [0.15, 0.2) is 5.13 Å². The number of rotatable bonds is 5. The summed E-state index contributed by atoms with van der Waals surface area (Å²) in [6, 6.07) is 13.9. The Morgan fingerprint density at radius 3 is 2.63 bits per heavy atom. The van der Waals surface area contributed by atoms with Crippen molar-refractivity contribution in [3.63, 3.8) is 0 Å². The van der Waals surface area contributed by atoms with E-state index in [4.69, 9.17) is 16.6 Å². The van der Waals surface area contributed by atoms with E-state index in [-0.39, 0.29) is 5.91 Å². The molecule has 0 saturated carbocycles. The molecule has 0 bridgehead atoms. The third-order valence-electron chi connectivity index (χ3n) is 5.12. The lowest BCUT2D eigenvalue weighted by atomic mass is 10.0. The second kappa shape index (κ2) is 8.54. The second-order valence-corrected chi connectivity index (χ2v) is 8.87. The molecule has 0 fully saturated rings. The smallest absolute Gasteiger partial charge is 0.233 e. The van der Waals surface area contributed by atoms with Gasteiger partial charge in [0.25, 0.3) is 0 Å². The van der Waals surface area contributed by atoms with Crippen molar-refractivity contribution in [2.45, 2.75) is 33.7 Å². The fourth-order valence-corrected chi connectivity index (χ4v) is 4.78. The summed E-state index contributed by atoms with van der Waals surface area (Å²) in [5.41, 5.74) is 6.17. The maximum Gasteiger partial charge on any atom is 0.233 e. The Balaban J connectivity index is 1.73. The number of amides is 1. The predicted octanol–water partition coefficient (Wildman–Crippen LogP) is 6.05. The number of hydrogen-bond acceptors (Lipinski definition) is 4. The van der Waals surface area contributed by atoms with E-state index in [0.717, 1.165) is 32.5 Å². The van der Waals surface area contributed by atoms with Crippen molar-refractivity contribution in [3.05, 3.63) is 87.7 Å². The Bertz CT molecular complexity index is 1180. The van der Waals surface area contributed by atoms with Crippen LogP contribution in [0.5, 0.6) is 0 Å². The van der Waals surface area contributed by atoms with Crippen LogP contribution in [-0.2, 0) is 17.8 Å². The zero-order valence-electron chi connectivity index (χ0n) is 17.1. The largest absolute Gasteiger partial charge is 0.283 e. The van der Waals surface area contributed by atoms with Gasteiger partial charge in [-0.25, -0.2) is 4.98 Å². The van der Waals surface area contributed by atoms with Crippen LogP contribution >= 0.6 is 22.9 Å². The number of pyridine rings is 1. The summed E-state index contributed by atoms with van der Waals surface area (Å²) in [5, 5.41) is 1.31. The predicted molar refractivity (Wildman–Crippen MR) is 124 cm³/mol. The number of hydrogen-bond donors (Lipinski definition) is 0. The molecule has 4 aromatic rings. The molecular weight excluding hydrogens is 414 g/mol. The van der Waals surface area contributed by atoms with Crippen LogP contribution in [0.25, 0.3) is 10.2 Å². The molecule has 0 saturated heterocycles. The Morgan fingerprint density at radius 1 is 1.10 bits per heavy atom. The summed E-state index contributed by atoms with van der Waals surface area (Å²) < 4.78 is 0.905. The van der Waals surface area contributed by atoms with Crippen LogP contribution in [-0.4, -0.2) is 15.9 Å². The first kappa shape index (κ1) is 20.5. The highest BCUT2D eigenvalue weighted by atomic mass is 35.5. The molecule has 0 unspecified atom stereocenters. The molecule has 0 aliphatic rings. The molecular formula is C24H22ClN3OS. The zero-order chi connectivity index (χ0) is 21.3. The maximum atomic E-state index is 13.4. The van der Waals surface area contributed by atoms with Crippen LogP contribution in [0.2, 0.25) is 5.02 Å². The topological polar surface area (TPSA) is 46.1 Å². The maximum absolute atomic E-state index is 13.4. The molecule has 2 heterocycles.